The third kappa shape index (κ3) is 2.50. The molecule has 0 aromatic carbocycles. The number of hydrogen-bond donors (Lipinski definition) is 1. The molecule has 1 atom stereocenters. The van der Waals surface area contributed by atoms with Gasteiger partial charge < -0.3 is 10.1 Å². The van der Waals surface area contributed by atoms with Gasteiger partial charge in [0.25, 0.3) is 0 Å². The van der Waals surface area contributed by atoms with Gasteiger partial charge in [-0.2, -0.15) is 0 Å². The average molecular weight is 157 g/mol. The van der Waals surface area contributed by atoms with Crippen LogP contribution in [0.3, 0.4) is 0 Å². The largest absolute Gasteiger partial charge is 0.469 e. The third-order valence-corrected chi connectivity index (χ3v) is 2.08. The first-order chi connectivity index (χ1) is 5.34. The normalized spacial score (nSPS) is 25.7. The van der Waals surface area contributed by atoms with E-state index in [1.165, 1.54) is 13.5 Å². The summed E-state index contributed by atoms with van der Waals surface area (Å²) < 4.78 is 4.67. The Bertz CT molecular complexity index is 128. The van der Waals surface area contributed by atoms with Gasteiger partial charge in [-0.3, -0.25) is 4.79 Å². The summed E-state index contributed by atoms with van der Waals surface area (Å²) in [4.78, 5) is 11.1. The number of methoxy groups -OCH3 is 1. The van der Waals surface area contributed by atoms with Crippen LogP contribution in [-0.4, -0.2) is 26.2 Å². The summed E-state index contributed by atoms with van der Waals surface area (Å²) in [6.45, 7) is 1.82. The molecular weight excluding hydrogens is 142 g/mol. The maximum Gasteiger partial charge on any atom is 0.309 e. The van der Waals surface area contributed by atoms with E-state index in [2.05, 4.69) is 10.1 Å². The highest BCUT2D eigenvalue weighted by Crippen LogP contribution is 2.11. The van der Waals surface area contributed by atoms with Crippen molar-refractivity contribution in [3.8, 4) is 0 Å². The fourth-order valence-electron chi connectivity index (χ4n) is 1.39. The van der Waals surface area contributed by atoms with Gasteiger partial charge in [0, 0.05) is 6.54 Å². The smallest absolute Gasteiger partial charge is 0.309 e. The van der Waals surface area contributed by atoms with Gasteiger partial charge in [-0.15, -0.1) is 0 Å². The maximum atomic E-state index is 11.1. The molecule has 64 valence electrons. The quantitative estimate of drug-likeness (QED) is 0.565. The molecule has 11 heavy (non-hydrogen) atoms. The number of carbonyl (C=O) groups excluding carboxylic acids is 1. The van der Waals surface area contributed by atoms with Crippen molar-refractivity contribution in [3.63, 3.8) is 0 Å². The molecule has 1 fully saturated rings. The summed E-state index contributed by atoms with van der Waals surface area (Å²) in [5.74, 6) is 0.0156. The van der Waals surface area contributed by atoms with E-state index < -0.39 is 0 Å². The van der Waals surface area contributed by atoms with E-state index in [0.717, 1.165) is 25.9 Å². The summed E-state index contributed by atoms with van der Waals surface area (Å²) in [5, 5.41) is 3.21. The first kappa shape index (κ1) is 8.53. The van der Waals surface area contributed by atoms with Gasteiger partial charge in [-0.1, -0.05) is 6.42 Å². The van der Waals surface area contributed by atoms with Crippen LogP contribution in [0.2, 0.25) is 0 Å². The molecule has 0 aliphatic carbocycles. The lowest BCUT2D eigenvalue weighted by molar-refractivity contribution is -0.145. The molecule has 3 nitrogen and oxygen atoms in total. The number of hydrogen-bond acceptors (Lipinski definition) is 3. The van der Waals surface area contributed by atoms with Crippen LogP contribution >= 0.6 is 0 Å². The molecule has 0 radical (unpaired) electrons. The molecule has 3 heteroatoms. The summed E-state index contributed by atoms with van der Waals surface area (Å²) in [7, 11) is 1.45. The molecule has 0 aromatic heterocycles. The minimum Gasteiger partial charge on any atom is -0.469 e. The second-order valence-corrected chi connectivity index (χ2v) is 2.92. The van der Waals surface area contributed by atoms with Gasteiger partial charge in [0.2, 0.25) is 0 Å². The Morgan fingerprint density at radius 3 is 3.09 bits per heavy atom. The molecule has 0 unspecified atom stereocenters. The molecule has 1 aliphatic heterocycles. The SMILES string of the molecule is COC(=O)[C@@H]1CCCCNC1. The zero-order valence-corrected chi connectivity index (χ0v) is 6.93. The standard InChI is InChI=1S/C8H15NO2/c1-11-8(10)7-4-2-3-5-9-6-7/h7,9H,2-6H2,1H3/t7-/m1/s1. The first-order valence-electron chi connectivity index (χ1n) is 4.13. The van der Waals surface area contributed by atoms with Crippen molar-refractivity contribution in [2.45, 2.75) is 19.3 Å². The van der Waals surface area contributed by atoms with E-state index in [4.69, 9.17) is 0 Å². The number of ether oxygens (including phenoxy) is 1. The predicted octanol–water partition coefficient (Wildman–Crippen LogP) is 0.549. The maximum absolute atomic E-state index is 11.1. The Hall–Kier alpha value is -0.570. The molecule has 1 heterocycles. The molecule has 1 N–H and O–H groups in total. The van der Waals surface area contributed by atoms with Crippen molar-refractivity contribution < 1.29 is 9.53 Å². The fourth-order valence-corrected chi connectivity index (χ4v) is 1.39. The minimum atomic E-state index is -0.0700. The Morgan fingerprint density at radius 2 is 2.36 bits per heavy atom. The molecule has 0 amide bonds. The Morgan fingerprint density at radius 1 is 1.55 bits per heavy atom. The Balaban J connectivity index is 2.36. The van der Waals surface area contributed by atoms with Gasteiger partial charge in [0.05, 0.1) is 13.0 Å². The van der Waals surface area contributed by atoms with Crippen LogP contribution in [-0.2, 0) is 9.53 Å². The van der Waals surface area contributed by atoms with Crippen LogP contribution in [0.25, 0.3) is 0 Å². The summed E-state index contributed by atoms with van der Waals surface area (Å²) in [6.07, 6.45) is 3.28. The van der Waals surface area contributed by atoms with E-state index in [9.17, 15) is 4.79 Å². The van der Waals surface area contributed by atoms with Gasteiger partial charge in [-0.25, -0.2) is 0 Å². The molecular formula is C8H15NO2. The van der Waals surface area contributed by atoms with Crippen molar-refractivity contribution >= 4 is 5.97 Å². The molecule has 0 saturated carbocycles. The summed E-state index contributed by atoms with van der Waals surface area (Å²) in [5.41, 5.74) is 0. The molecule has 1 rings (SSSR count). The van der Waals surface area contributed by atoms with Gasteiger partial charge in [0.1, 0.15) is 0 Å². The van der Waals surface area contributed by atoms with Crippen molar-refractivity contribution in [1.29, 1.82) is 0 Å². The summed E-state index contributed by atoms with van der Waals surface area (Å²) in [6, 6.07) is 0. The lowest BCUT2D eigenvalue weighted by atomic mass is 10.0. The lowest BCUT2D eigenvalue weighted by Crippen LogP contribution is -2.27. The van der Waals surface area contributed by atoms with E-state index in [1.807, 2.05) is 0 Å². The lowest BCUT2D eigenvalue weighted by Gasteiger charge is -2.10. The molecule has 1 aliphatic rings. The van der Waals surface area contributed by atoms with Gasteiger partial charge >= 0.3 is 5.97 Å². The topological polar surface area (TPSA) is 38.3 Å². The number of rotatable bonds is 1. The van der Waals surface area contributed by atoms with Crippen molar-refractivity contribution in [3.05, 3.63) is 0 Å². The molecule has 0 spiro atoms. The average Bonchev–Trinajstić information content (AvgIpc) is 2.30. The second-order valence-electron chi connectivity index (χ2n) is 2.92. The highest BCUT2D eigenvalue weighted by Gasteiger charge is 2.19. The van der Waals surface area contributed by atoms with E-state index in [1.54, 1.807) is 0 Å². The molecule has 1 saturated heterocycles. The monoisotopic (exact) mass is 157 g/mol. The van der Waals surface area contributed by atoms with Crippen molar-refractivity contribution in [2.24, 2.45) is 5.92 Å². The highest BCUT2D eigenvalue weighted by molar-refractivity contribution is 5.72. The van der Waals surface area contributed by atoms with Crippen LogP contribution in [0.15, 0.2) is 0 Å². The van der Waals surface area contributed by atoms with Crippen LogP contribution in [0.1, 0.15) is 19.3 Å². The van der Waals surface area contributed by atoms with E-state index in [-0.39, 0.29) is 11.9 Å². The van der Waals surface area contributed by atoms with Gasteiger partial charge in [-0.05, 0) is 19.4 Å². The molecule has 0 aromatic rings. The van der Waals surface area contributed by atoms with Crippen LogP contribution < -0.4 is 5.32 Å². The van der Waals surface area contributed by atoms with Crippen LogP contribution in [0.5, 0.6) is 0 Å². The van der Waals surface area contributed by atoms with Gasteiger partial charge in [0.15, 0.2) is 0 Å². The Labute approximate surface area is 67.1 Å². The number of carbonyl (C=O) groups is 1. The minimum absolute atomic E-state index is 0.0700. The van der Waals surface area contributed by atoms with E-state index >= 15 is 0 Å². The molecule has 0 bridgehead atoms. The zero-order valence-electron chi connectivity index (χ0n) is 6.93. The first-order valence-corrected chi connectivity index (χ1v) is 4.13. The van der Waals surface area contributed by atoms with Crippen LogP contribution in [0.4, 0.5) is 0 Å². The van der Waals surface area contributed by atoms with E-state index in [0.29, 0.717) is 0 Å². The van der Waals surface area contributed by atoms with Crippen LogP contribution in [0, 0.1) is 5.92 Å². The third-order valence-electron chi connectivity index (χ3n) is 2.08. The fraction of sp³-hybridized carbons (Fsp3) is 0.875. The Kier molecular flexibility index (Phi) is 3.36. The zero-order chi connectivity index (χ0) is 8.10. The predicted molar refractivity (Wildman–Crippen MR) is 42.2 cm³/mol. The second kappa shape index (κ2) is 4.34. The van der Waals surface area contributed by atoms with Crippen molar-refractivity contribution in [1.82, 2.24) is 5.32 Å². The number of esters is 1. The number of nitrogens with one attached hydrogen (secondary N) is 1. The van der Waals surface area contributed by atoms with Crippen molar-refractivity contribution in [2.75, 3.05) is 20.2 Å². The summed E-state index contributed by atoms with van der Waals surface area (Å²) >= 11 is 0. The highest BCUT2D eigenvalue weighted by atomic mass is 16.5.